The molecule has 142 valence electrons. The van der Waals surface area contributed by atoms with Crippen LogP contribution in [0.3, 0.4) is 0 Å². The second kappa shape index (κ2) is 8.91. The van der Waals surface area contributed by atoms with Gasteiger partial charge >= 0.3 is 5.97 Å². The lowest BCUT2D eigenvalue weighted by atomic mass is 9.99. The number of hydrogen-bond donors (Lipinski definition) is 1. The van der Waals surface area contributed by atoms with Crippen molar-refractivity contribution in [2.45, 2.75) is 6.54 Å². The van der Waals surface area contributed by atoms with Crippen molar-refractivity contribution in [2.24, 2.45) is 0 Å². The van der Waals surface area contributed by atoms with Gasteiger partial charge in [0.25, 0.3) is 5.91 Å². The molecule has 0 aromatic heterocycles. The molecule has 3 aromatic rings. The first-order chi connectivity index (χ1) is 13.5. The Morgan fingerprint density at radius 2 is 1.57 bits per heavy atom. The van der Waals surface area contributed by atoms with Crippen molar-refractivity contribution in [3.8, 4) is 11.1 Å². The van der Waals surface area contributed by atoms with Crippen molar-refractivity contribution in [3.05, 3.63) is 93.5 Å². The number of methoxy groups -OCH3 is 1. The summed E-state index contributed by atoms with van der Waals surface area (Å²) in [7, 11) is 1.32. The summed E-state index contributed by atoms with van der Waals surface area (Å²) in [6, 6.07) is 19.8. The summed E-state index contributed by atoms with van der Waals surface area (Å²) in [5.41, 5.74) is 3.33. The van der Waals surface area contributed by atoms with E-state index >= 15 is 0 Å². The molecule has 0 bridgehead atoms. The first kappa shape index (κ1) is 19.9. The third-order valence-corrected chi connectivity index (χ3v) is 4.62. The van der Waals surface area contributed by atoms with Gasteiger partial charge in [-0.1, -0.05) is 59.6 Å². The molecule has 1 N–H and O–H groups in total. The topological polar surface area (TPSA) is 55.4 Å². The molecule has 0 saturated heterocycles. The highest BCUT2D eigenvalue weighted by Gasteiger charge is 2.15. The Labute approximate surface area is 173 Å². The van der Waals surface area contributed by atoms with E-state index in [1.54, 1.807) is 12.1 Å². The van der Waals surface area contributed by atoms with Crippen LogP contribution in [0.25, 0.3) is 11.1 Å². The van der Waals surface area contributed by atoms with E-state index in [1.165, 1.54) is 19.2 Å². The molecule has 28 heavy (non-hydrogen) atoms. The van der Waals surface area contributed by atoms with Crippen molar-refractivity contribution in [1.82, 2.24) is 5.32 Å². The van der Waals surface area contributed by atoms with Crippen LogP contribution in [0.1, 0.15) is 26.3 Å². The maximum absolute atomic E-state index is 12.5. The maximum Gasteiger partial charge on any atom is 0.338 e. The average Bonchev–Trinajstić information content (AvgIpc) is 2.71. The Bertz CT molecular complexity index is 999. The Balaban J connectivity index is 1.88. The molecule has 0 saturated carbocycles. The van der Waals surface area contributed by atoms with E-state index in [4.69, 9.17) is 27.9 Å². The monoisotopic (exact) mass is 413 g/mol. The molecule has 1 amide bonds. The smallest absolute Gasteiger partial charge is 0.338 e. The van der Waals surface area contributed by atoms with E-state index in [1.807, 2.05) is 42.5 Å². The van der Waals surface area contributed by atoms with Crippen molar-refractivity contribution in [3.63, 3.8) is 0 Å². The van der Waals surface area contributed by atoms with Gasteiger partial charge in [0.1, 0.15) is 0 Å². The van der Waals surface area contributed by atoms with Gasteiger partial charge in [-0.05, 0) is 47.0 Å². The Morgan fingerprint density at radius 3 is 2.21 bits per heavy atom. The zero-order chi connectivity index (χ0) is 20.1. The molecule has 0 heterocycles. The Kier molecular flexibility index (Phi) is 6.34. The fraction of sp³-hybridized carbons (Fsp3) is 0.0909. The fourth-order valence-electron chi connectivity index (χ4n) is 2.82. The number of carbonyl (C=O) groups is 2. The molecule has 4 nitrogen and oxygen atoms in total. The predicted molar refractivity (Wildman–Crippen MR) is 111 cm³/mol. The van der Waals surface area contributed by atoms with Gasteiger partial charge in [0.2, 0.25) is 0 Å². The van der Waals surface area contributed by atoms with Gasteiger partial charge in [-0.25, -0.2) is 4.79 Å². The molecule has 0 radical (unpaired) electrons. The summed E-state index contributed by atoms with van der Waals surface area (Å²) in [5, 5.41) is 3.55. The molecule has 0 aliphatic rings. The highest BCUT2D eigenvalue weighted by Crippen LogP contribution is 2.24. The van der Waals surface area contributed by atoms with Crippen LogP contribution in [-0.2, 0) is 11.3 Å². The third kappa shape index (κ3) is 4.71. The maximum atomic E-state index is 12.5. The van der Waals surface area contributed by atoms with Crippen LogP contribution in [0, 0.1) is 0 Å². The summed E-state index contributed by atoms with van der Waals surface area (Å²) in [6.07, 6.45) is 0. The van der Waals surface area contributed by atoms with Crippen molar-refractivity contribution in [2.75, 3.05) is 7.11 Å². The minimum absolute atomic E-state index is 0.147. The predicted octanol–water partition coefficient (Wildman–Crippen LogP) is 5.38. The molecule has 0 atom stereocenters. The lowest BCUT2D eigenvalue weighted by molar-refractivity contribution is 0.0598. The number of ether oxygens (including phenoxy) is 1. The largest absolute Gasteiger partial charge is 0.465 e. The molecule has 0 fully saturated rings. The number of halogens is 2. The summed E-state index contributed by atoms with van der Waals surface area (Å²) < 4.78 is 4.86. The molecule has 0 spiro atoms. The minimum Gasteiger partial charge on any atom is -0.465 e. The number of esters is 1. The van der Waals surface area contributed by atoms with E-state index in [2.05, 4.69) is 5.32 Å². The van der Waals surface area contributed by atoms with Gasteiger partial charge in [-0.2, -0.15) is 0 Å². The summed E-state index contributed by atoms with van der Waals surface area (Å²) in [5.74, 6) is -0.806. The third-order valence-electron chi connectivity index (χ3n) is 4.18. The molecular formula is C22H17Cl2NO3. The van der Waals surface area contributed by atoms with Crippen LogP contribution in [0.4, 0.5) is 0 Å². The SMILES string of the molecule is COC(=O)c1ccc(-c2ccccc2)cc1CNC(=O)c1cc(Cl)cc(Cl)c1. The second-order valence-electron chi connectivity index (χ2n) is 6.07. The van der Waals surface area contributed by atoms with Crippen LogP contribution in [0.5, 0.6) is 0 Å². The summed E-state index contributed by atoms with van der Waals surface area (Å²) in [4.78, 5) is 24.6. The quantitative estimate of drug-likeness (QED) is 0.571. The van der Waals surface area contributed by atoms with Crippen molar-refractivity contribution in [1.29, 1.82) is 0 Å². The number of benzene rings is 3. The molecule has 0 aliphatic heterocycles. The summed E-state index contributed by atoms with van der Waals surface area (Å²) in [6.45, 7) is 0.147. The molecular weight excluding hydrogens is 397 g/mol. The second-order valence-corrected chi connectivity index (χ2v) is 6.94. The number of carbonyl (C=O) groups excluding carboxylic acids is 2. The van der Waals surface area contributed by atoms with E-state index < -0.39 is 5.97 Å². The Hall–Kier alpha value is -2.82. The molecule has 0 unspecified atom stereocenters. The first-order valence-electron chi connectivity index (χ1n) is 8.49. The zero-order valence-corrected chi connectivity index (χ0v) is 16.6. The average molecular weight is 414 g/mol. The highest BCUT2D eigenvalue weighted by molar-refractivity contribution is 6.35. The number of rotatable bonds is 5. The molecule has 3 aromatic carbocycles. The van der Waals surface area contributed by atoms with E-state index in [0.717, 1.165) is 11.1 Å². The summed E-state index contributed by atoms with van der Waals surface area (Å²) >= 11 is 11.9. The van der Waals surface area contributed by atoms with Crippen LogP contribution in [0.15, 0.2) is 66.7 Å². The van der Waals surface area contributed by atoms with Crippen molar-refractivity contribution < 1.29 is 14.3 Å². The van der Waals surface area contributed by atoms with Gasteiger partial charge in [0.15, 0.2) is 0 Å². The number of amides is 1. The Morgan fingerprint density at radius 1 is 0.893 bits per heavy atom. The van der Waals surface area contributed by atoms with Gasteiger partial charge in [-0.15, -0.1) is 0 Å². The lowest BCUT2D eigenvalue weighted by Crippen LogP contribution is -2.24. The van der Waals surface area contributed by atoms with Crippen LogP contribution in [-0.4, -0.2) is 19.0 Å². The van der Waals surface area contributed by atoms with E-state index in [0.29, 0.717) is 26.7 Å². The van der Waals surface area contributed by atoms with E-state index in [-0.39, 0.29) is 12.5 Å². The van der Waals surface area contributed by atoms with Gasteiger partial charge in [-0.3, -0.25) is 4.79 Å². The van der Waals surface area contributed by atoms with Gasteiger partial charge < -0.3 is 10.1 Å². The zero-order valence-electron chi connectivity index (χ0n) is 15.0. The van der Waals surface area contributed by atoms with Gasteiger partial charge in [0.05, 0.1) is 12.7 Å². The van der Waals surface area contributed by atoms with Crippen LogP contribution in [0.2, 0.25) is 10.0 Å². The normalized spacial score (nSPS) is 10.4. The van der Waals surface area contributed by atoms with Crippen molar-refractivity contribution >= 4 is 35.1 Å². The van der Waals surface area contributed by atoms with Crippen LogP contribution < -0.4 is 5.32 Å². The molecule has 3 rings (SSSR count). The number of nitrogens with one attached hydrogen (secondary N) is 1. The minimum atomic E-state index is -0.463. The van der Waals surface area contributed by atoms with Crippen LogP contribution >= 0.6 is 23.2 Å². The standard InChI is InChI=1S/C22H17Cl2NO3/c1-28-22(27)20-8-7-15(14-5-3-2-4-6-14)9-17(20)13-25-21(26)16-10-18(23)12-19(24)11-16/h2-12H,13H2,1H3,(H,25,26). The molecule has 0 aliphatic carbocycles. The van der Waals surface area contributed by atoms with E-state index in [9.17, 15) is 9.59 Å². The first-order valence-corrected chi connectivity index (χ1v) is 9.24. The molecule has 6 heteroatoms. The fourth-order valence-corrected chi connectivity index (χ4v) is 3.35. The number of hydrogen-bond acceptors (Lipinski definition) is 3. The highest BCUT2D eigenvalue weighted by atomic mass is 35.5. The van der Waals surface area contributed by atoms with Gasteiger partial charge in [0, 0.05) is 22.2 Å². The lowest BCUT2D eigenvalue weighted by Gasteiger charge is -2.12.